The molecular formula is C23H15Cl3O3. The molecule has 0 bridgehead atoms. The third-order valence-corrected chi connectivity index (χ3v) is 5.52. The van der Waals surface area contributed by atoms with Gasteiger partial charge in [0.15, 0.2) is 0 Å². The first-order valence-electron chi connectivity index (χ1n) is 8.82. The van der Waals surface area contributed by atoms with Crippen molar-refractivity contribution in [2.45, 2.75) is 13.5 Å². The van der Waals surface area contributed by atoms with E-state index in [0.717, 1.165) is 22.1 Å². The van der Waals surface area contributed by atoms with Gasteiger partial charge in [-0.2, -0.15) is 0 Å². The van der Waals surface area contributed by atoms with E-state index in [-0.39, 0.29) is 6.61 Å². The van der Waals surface area contributed by atoms with Crippen LogP contribution in [0.15, 0.2) is 69.9 Å². The minimum Gasteiger partial charge on any atom is -0.489 e. The summed E-state index contributed by atoms with van der Waals surface area (Å²) in [6.07, 6.45) is 0. The minimum absolute atomic E-state index is 0.271. The van der Waals surface area contributed by atoms with Crippen LogP contribution in [-0.4, -0.2) is 0 Å². The second-order valence-corrected chi connectivity index (χ2v) is 7.86. The van der Waals surface area contributed by atoms with Crippen molar-refractivity contribution in [2.24, 2.45) is 0 Å². The molecule has 0 aliphatic rings. The first-order valence-corrected chi connectivity index (χ1v) is 9.96. The Kier molecular flexibility index (Phi) is 5.55. The van der Waals surface area contributed by atoms with Crippen LogP contribution < -0.4 is 10.4 Å². The highest BCUT2D eigenvalue weighted by Crippen LogP contribution is 2.30. The Balaban J connectivity index is 1.67. The number of halogens is 3. The standard InChI is InChI=1S/C23H15Cl3O3/c1-13-19-9-8-18(28-12-15-4-7-17(25)10-20(15)26)11-21(19)29-23(27)22(13)14-2-5-16(24)6-3-14/h2-11H,12H2,1H3. The smallest absolute Gasteiger partial charge is 0.344 e. The van der Waals surface area contributed by atoms with Crippen molar-refractivity contribution >= 4 is 45.8 Å². The molecule has 0 aliphatic carbocycles. The zero-order chi connectivity index (χ0) is 20.5. The van der Waals surface area contributed by atoms with Crippen LogP contribution in [0.3, 0.4) is 0 Å². The van der Waals surface area contributed by atoms with Crippen LogP contribution >= 0.6 is 34.8 Å². The molecule has 0 unspecified atom stereocenters. The van der Waals surface area contributed by atoms with Crippen molar-refractivity contribution in [3.63, 3.8) is 0 Å². The van der Waals surface area contributed by atoms with Gasteiger partial charge in [0, 0.05) is 32.1 Å². The normalized spacial score (nSPS) is 11.0. The first-order chi connectivity index (χ1) is 13.9. The van der Waals surface area contributed by atoms with E-state index in [1.165, 1.54) is 0 Å². The van der Waals surface area contributed by atoms with Gasteiger partial charge in [0.25, 0.3) is 0 Å². The molecule has 146 valence electrons. The summed E-state index contributed by atoms with van der Waals surface area (Å²) in [6, 6.07) is 17.8. The molecule has 1 heterocycles. The summed E-state index contributed by atoms with van der Waals surface area (Å²) in [5.41, 5.74) is 2.99. The monoisotopic (exact) mass is 444 g/mol. The van der Waals surface area contributed by atoms with Gasteiger partial charge >= 0.3 is 5.63 Å². The van der Waals surface area contributed by atoms with E-state index in [0.29, 0.717) is 32.0 Å². The van der Waals surface area contributed by atoms with Crippen LogP contribution in [0.25, 0.3) is 22.1 Å². The van der Waals surface area contributed by atoms with Gasteiger partial charge < -0.3 is 9.15 Å². The molecule has 0 fully saturated rings. The van der Waals surface area contributed by atoms with E-state index < -0.39 is 5.63 Å². The number of rotatable bonds is 4. The lowest BCUT2D eigenvalue weighted by molar-refractivity contribution is 0.306. The van der Waals surface area contributed by atoms with Gasteiger partial charge in [-0.3, -0.25) is 0 Å². The molecule has 0 saturated heterocycles. The van der Waals surface area contributed by atoms with Crippen molar-refractivity contribution in [1.29, 1.82) is 0 Å². The molecule has 0 saturated carbocycles. The van der Waals surface area contributed by atoms with E-state index in [9.17, 15) is 4.79 Å². The Morgan fingerprint density at radius 3 is 2.34 bits per heavy atom. The SMILES string of the molecule is Cc1c(-c2ccc(Cl)cc2)c(=O)oc2cc(OCc3ccc(Cl)cc3Cl)ccc12. The van der Waals surface area contributed by atoms with Gasteiger partial charge in [-0.05, 0) is 54.4 Å². The van der Waals surface area contributed by atoms with Crippen LogP contribution in [0.5, 0.6) is 5.75 Å². The van der Waals surface area contributed by atoms with E-state index >= 15 is 0 Å². The molecule has 4 rings (SSSR count). The minimum atomic E-state index is -0.407. The van der Waals surface area contributed by atoms with Crippen molar-refractivity contribution in [2.75, 3.05) is 0 Å². The molecule has 1 aromatic heterocycles. The molecule has 29 heavy (non-hydrogen) atoms. The predicted molar refractivity (Wildman–Crippen MR) is 118 cm³/mol. The zero-order valence-corrected chi connectivity index (χ0v) is 17.6. The average molecular weight is 446 g/mol. The van der Waals surface area contributed by atoms with E-state index in [4.69, 9.17) is 44.0 Å². The summed E-state index contributed by atoms with van der Waals surface area (Å²) >= 11 is 18.1. The fourth-order valence-corrected chi connectivity index (χ4v) is 3.77. The molecule has 3 aromatic carbocycles. The van der Waals surface area contributed by atoms with Gasteiger partial charge in [-0.1, -0.05) is 53.0 Å². The fourth-order valence-electron chi connectivity index (χ4n) is 3.18. The Bertz CT molecular complexity index is 1260. The molecule has 3 nitrogen and oxygen atoms in total. The summed E-state index contributed by atoms with van der Waals surface area (Å²) in [7, 11) is 0. The number of fused-ring (bicyclic) bond motifs is 1. The van der Waals surface area contributed by atoms with Crippen LogP contribution in [0.1, 0.15) is 11.1 Å². The van der Waals surface area contributed by atoms with Gasteiger partial charge in [0.05, 0.1) is 5.56 Å². The average Bonchev–Trinajstić information content (AvgIpc) is 2.68. The highest BCUT2D eigenvalue weighted by Gasteiger charge is 2.14. The van der Waals surface area contributed by atoms with E-state index in [1.54, 1.807) is 42.5 Å². The maximum Gasteiger partial charge on any atom is 0.344 e. The Labute approximate surface area is 182 Å². The van der Waals surface area contributed by atoms with Crippen molar-refractivity contribution < 1.29 is 9.15 Å². The van der Waals surface area contributed by atoms with E-state index in [1.807, 2.05) is 25.1 Å². The maximum atomic E-state index is 12.6. The van der Waals surface area contributed by atoms with Gasteiger partial charge in [-0.15, -0.1) is 0 Å². The van der Waals surface area contributed by atoms with Gasteiger partial charge in [0.1, 0.15) is 17.9 Å². The summed E-state index contributed by atoms with van der Waals surface area (Å²) in [6.45, 7) is 2.17. The maximum absolute atomic E-state index is 12.6. The summed E-state index contributed by atoms with van der Waals surface area (Å²) in [5, 5.41) is 2.55. The molecule has 6 heteroatoms. The second kappa shape index (κ2) is 8.11. The lowest BCUT2D eigenvalue weighted by Crippen LogP contribution is -2.06. The highest BCUT2D eigenvalue weighted by atomic mass is 35.5. The van der Waals surface area contributed by atoms with Crippen molar-refractivity contribution in [1.82, 2.24) is 0 Å². The molecule has 0 N–H and O–H groups in total. The molecule has 0 atom stereocenters. The third kappa shape index (κ3) is 4.13. The first kappa shape index (κ1) is 19.8. The lowest BCUT2D eigenvalue weighted by Gasteiger charge is -2.11. The lowest BCUT2D eigenvalue weighted by atomic mass is 10.00. The number of hydrogen-bond acceptors (Lipinski definition) is 3. The second-order valence-electron chi connectivity index (χ2n) is 6.58. The Morgan fingerprint density at radius 1 is 0.897 bits per heavy atom. The largest absolute Gasteiger partial charge is 0.489 e. The van der Waals surface area contributed by atoms with Crippen LogP contribution in [0.4, 0.5) is 0 Å². The van der Waals surface area contributed by atoms with E-state index in [2.05, 4.69) is 0 Å². The molecule has 0 amide bonds. The number of ether oxygens (including phenoxy) is 1. The summed E-state index contributed by atoms with van der Waals surface area (Å²) in [4.78, 5) is 12.6. The predicted octanol–water partition coefficient (Wildman–Crippen LogP) is 7.31. The molecule has 0 spiro atoms. The Hall–Kier alpha value is -2.46. The van der Waals surface area contributed by atoms with Crippen LogP contribution in [-0.2, 0) is 6.61 Å². The number of aryl methyl sites for hydroxylation is 1. The topological polar surface area (TPSA) is 39.4 Å². The van der Waals surface area contributed by atoms with Crippen LogP contribution in [0, 0.1) is 6.92 Å². The summed E-state index contributed by atoms with van der Waals surface area (Å²) < 4.78 is 11.4. The van der Waals surface area contributed by atoms with Crippen LogP contribution in [0.2, 0.25) is 15.1 Å². The molecule has 4 aromatic rings. The molecular weight excluding hydrogens is 431 g/mol. The molecule has 0 radical (unpaired) electrons. The fraction of sp³-hybridized carbons (Fsp3) is 0.0870. The quantitative estimate of drug-likeness (QED) is 0.309. The van der Waals surface area contributed by atoms with Crippen molar-refractivity contribution in [3.05, 3.63) is 97.3 Å². The van der Waals surface area contributed by atoms with Gasteiger partial charge in [0.2, 0.25) is 0 Å². The third-order valence-electron chi connectivity index (χ3n) is 4.68. The number of hydrogen-bond donors (Lipinski definition) is 0. The Morgan fingerprint density at radius 2 is 1.62 bits per heavy atom. The highest BCUT2D eigenvalue weighted by molar-refractivity contribution is 6.35. The zero-order valence-electron chi connectivity index (χ0n) is 15.3. The summed E-state index contributed by atoms with van der Waals surface area (Å²) in [5.74, 6) is 0.574. The van der Waals surface area contributed by atoms with Crippen molar-refractivity contribution in [3.8, 4) is 16.9 Å². The molecule has 0 aliphatic heterocycles. The number of benzene rings is 3. The van der Waals surface area contributed by atoms with Gasteiger partial charge in [-0.25, -0.2) is 4.79 Å².